The Morgan fingerprint density at radius 1 is 1.22 bits per heavy atom. The Labute approximate surface area is 104 Å². The van der Waals surface area contributed by atoms with Crippen molar-refractivity contribution in [3.05, 3.63) is 0 Å². The summed E-state index contributed by atoms with van der Waals surface area (Å²) in [4.78, 5) is 13.4. The van der Waals surface area contributed by atoms with Crippen LogP contribution < -0.4 is 5.32 Å². The second kappa shape index (κ2) is 7.58. The van der Waals surface area contributed by atoms with E-state index in [0.29, 0.717) is 13.1 Å². The van der Waals surface area contributed by atoms with E-state index in [0.717, 1.165) is 13.1 Å². The summed E-state index contributed by atoms with van der Waals surface area (Å²) in [5, 5.41) is 3.14. The van der Waals surface area contributed by atoms with Gasteiger partial charge in [-0.05, 0) is 6.42 Å². The van der Waals surface area contributed by atoms with Crippen molar-refractivity contribution in [1.82, 2.24) is 10.2 Å². The summed E-state index contributed by atoms with van der Waals surface area (Å²) in [5.74, 6) is 0.00678. The highest BCUT2D eigenvalue weighted by atomic mass is 19.4. The zero-order valence-electron chi connectivity index (χ0n) is 10.3. The molecule has 106 valence electrons. The van der Waals surface area contributed by atoms with Crippen molar-refractivity contribution < 1.29 is 22.7 Å². The van der Waals surface area contributed by atoms with Gasteiger partial charge in [0.2, 0.25) is 5.91 Å². The Hall–Kier alpha value is -0.820. The summed E-state index contributed by atoms with van der Waals surface area (Å²) in [6, 6.07) is 0. The van der Waals surface area contributed by atoms with E-state index in [4.69, 9.17) is 4.74 Å². The van der Waals surface area contributed by atoms with E-state index in [9.17, 15) is 18.0 Å². The topological polar surface area (TPSA) is 41.6 Å². The maximum atomic E-state index is 11.8. The van der Waals surface area contributed by atoms with Gasteiger partial charge in [-0.2, -0.15) is 13.2 Å². The van der Waals surface area contributed by atoms with Gasteiger partial charge in [-0.1, -0.05) is 0 Å². The van der Waals surface area contributed by atoms with Crippen molar-refractivity contribution in [2.24, 2.45) is 0 Å². The number of carbonyl (C=O) groups excluding carboxylic acids is 1. The molecular formula is C11H19F3N2O2. The predicted molar refractivity (Wildman–Crippen MR) is 60.2 cm³/mol. The molecule has 1 amide bonds. The predicted octanol–water partition coefficient (Wildman–Crippen LogP) is 1.17. The van der Waals surface area contributed by atoms with Crippen LogP contribution in [0.15, 0.2) is 0 Å². The number of carbonyl (C=O) groups is 1. The van der Waals surface area contributed by atoms with Crippen LogP contribution in [-0.4, -0.2) is 56.4 Å². The first-order valence-corrected chi connectivity index (χ1v) is 6.12. The number of halogens is 3. The molecule has 1 aliphatic heterocycles. The third kappa shape index (κ3) is 6.80. The fourth-order valence-electron chi connectivity index (χ4n) is 1.71. The first kappa shape index (κ1) is 15.2. The molecule has 0 atom stereocenters. The summed E-state index contributed by atoms with van der Waals surface area (Å²) < 4.78 is 40.5. The third-order valence-corrected chi connectivity index (χ3v) is 2.68. The minimum atomic E-state index is -4.13. The van der Waals surface area contributed by atoms with Gasteiger partial charge in [-0.15, -0.1) is 0 Å². The second-order valence-corrected chi connectivity index (χ2v) is 4.21. The van der Waals surface area contributed by atoms with Gasteiger partial charge in [0.25, 0.3) is 0 Å². The Kier molecular flexibility index (Phi) is 6.42. The molecule has 1 fully saturated rings. The van der Waals surface area contributed by atoms with Crippen LogP contribution in [0.1, 0.15) is 19.3 Å². The minimum Gasteiger partial charge on any atom is -0.381 e. The minimum absolute atomic E-state index is 0.00678. The van der Waals surface area contributed by atoms with Gasteiger partial charge < -0.3 is 15.0 Å². The zero-order chi connectivity index (χ0) is 13.4. The molecule has 0 aromatic heterocycles. The van der Waals surface area contributed by atoms with Gasteiger partial charge in [-0.25, -0.2) is 0 Å². The number of nitrogens with zero attached hydrogens (tertiary/aromatic N) is 1. The molecule has 0 saturated carbocycles. The van der Waals surface area contributed by atoms with Crippen molar-refractivity contribution in [3.8, 4) is 0 Å². The summed E-state index contributed by atoms with van der Waals surface area (Å²) in [7, 11) is 0. The van der Waals surface area contributed by atoms with E-state index in [1.807, 2.05) is 0 Å². The number of amides is 1. The molecule has 0 unspecified atom stereocenters. The first-order valence-electron chi connectivity index (χ1n) is 6.12. The van der Waals surface area contributed by atoms with Gasteiger partial charge in [-0.3, -0.25) is 4.79 Å². The molecule has 1 heterocycles. The molecule has 7 heteroatoms. The van der Waals surface area contributed by atoms with Gasteiger partial charge in [0.1, 0.15) is 0 Å². The molecule has 4 nitrogen and oxygen atoms in total. The van der Waals surface area contributed by atoms with Gasteiger partial charge >= 0.3 is 6.18 Å². The molecule has 1 rings (SSSR count). The molecule has 1 N–H and O–H groups in total. The van der Waals surface area contributed by atoms with E-state index in [1.165, 1.54) is 0 Å². The average Bonchev–Trinajstić information content (AvgIpc) is 2.33. The highest BCUT2D eigenvalue weighted by Crippen LogP contribution is 2.20. The Morgan fingerprint density at radius 3 is 2.50 bits per heavy atom. The van der Waals surface area contributed by atoms with Crippen molar-refractivity contribution >= 4 is 5.91 Å². The molecular weight excluding hydrogens is 249 g/mol. The summed E-state index contributed by atoms with van der Waals surface area (Å²) >= 11 is 0. The van der Waals surface area contributed by atoms with Crippen LogP contribution in [0.5, 0.6) is 0 Å². The van der Waals surface area contributed by atoms with Crippen molar-refractivity contribution in [3.63, 3.8) is 0 Å². The maximum Gasteiger partial charge on any atom is 0.389 e. The van der Waals surface area contributed by atoms with Crippen LogP contribution in [-0.2, 0) is 9.53 Å². The van der Waals surface area contributed by atoms with Crippen molar-refractivity contribution in [2.45, 2.75) is 25.4 Å². The van der Waals surface area contributed by atoms with Crippen LogP contribution in [0.4, 0.5) is 13.2 Å². The van der Waals surface area contributed by atoms with Gasteiger partial charge in [0.05, 0.1) is 13.0 Å². The monoisotopic (exact) mass is 268 g/mol. The number of hydrogen-bond donors (Lipinski definition) is 1. The lowest BCUT2D eigenvalue weighted by molar-refractivity contribution is -0.139. The van der Waals surface area contributed by atoms with Gasteiger partial charge in [0.15, 0.2) is 0 Å². The fraction of sp³-hybridized carbons (Fsp3) is 0.909. The molecule has 1 aliphatic rings. The lowest BCUT2D eigenvalue weighted by atomic mass is 10.3. The first-order chi connectivity index (χ1) is 8.49. The number of piperazine rings is 1. The molecule has 0 radical (unpaired) electrons. The lowest BCUT2D eigenvalue weighted by Crippen LogP contribution is -2.46. The van der Waals surface area contributed by atoms with Crippen LogP contribution in [0.25, 0.3) is 0 Å². The normalized spacial score (nSPS) is 16.9. The SMILES string of the molecule is O=C(CCOCCCC(F)(F)F)N1CCNCC1. The number of alkyl halides is 3. The second-order valence-electron chi connectivity index (χ2n) is 4.21. The summed E-state index contributed by atoms with van der Waals surface area (Å²) in [6.07, 6.45) is -4.77. The molecule has 0 bridgehead atoms. The Bertz CT molecular complexity index is 253. The Balaban J connectivity index is 1.98. The molecule has 18 heavy (non-hydrogen) atoms. The quantitative estimate of drug-likeness (QED) is 0.735. The van der Waals surface area contributed by atoms with E-state index < -0.39 is 12.6 Å². The molecule has 0 aromatic carbocycles. The van der Waals surface area contributed by atoms with Crippen LogP contribution >= 0.6 is 0 Å². The van der Waals surface area contributed by atoms with E-state index in [-0.39, 0.29) is 32.0 Å². The highest BCUT2D eigenvalue weighted by molar-refractivity contribution is 5.76. The number of nitrogens with one attached hydrogen (secondary N) is 1. The van der Waals surface area contributed by atoms with Crippen LogP contribution in [0, 0.1) is 0 Å². The van der Waals surface area contributed by atoms with Crippen molar-refractivity contribution in [2.75, 3.05) is 39.4 Å². The number of ether oxygens (including phenoxy) is 1. The summed E-state index contributed by atoms with van der Waals surface area (Å²) in [6.45, 7) is 3.20. The van der Waals surface area contributed by atoms with E-state index in [2.05, 4.69) is 5.32 Å². The van der Waals surface area contributed by atoms with Crippen LogP contribution in [0.2, 0.25) is 0 Å². The average molecular weight is 268 g/mol. The largest absolute Gasteiger partial charge is 0.389 e. The van der Waals surface area contributed by atoms with Gasteiger partial charge in [0, 0.05) is 39.2 Å². The van der Waals surface area contributed by atoms with E-state index >= 15 is 0 Å². The molecule has 0 aliphatic carbocycles. The third-order valence-electron chi connectivity index (χ3n) is 2.68. The lowest BCUT2D eigenvalue weighted by Gasteiger charge is -2.27. The standard InChI is InChI=1S/C11H19F3N2O2/c12-11(13,14)3-1-8-18-9-2-10(17)16-6-4-15-5-7-16/h15H,1-9H2. The smallest absolute Gasteiger partial charge is 0.381 e. The van der Waals surface area contributed by atoms with Crippen molar-refractivity contribution in [1.29, 1.82) is 0 Å². The molecule has 0 aromatic rings. The molecule has 0 spiro atoms. The summed E-state index contributed by atoms with van der Waals surface area (Å²) in [5.41, 5.74) is 0. The van der Waals surface area contributed by atoms with Crippen LogP contribution in [0.3, 0.4) is 0 Å². The number of hydrogen-bond acceptors (Lipinski definition) is 3. The fourth-order valence-corrected chi connectivity index (χ4v) is 1.71. The maximum absolute atomic E-state index is 11.8. The zero-order valence-corrected chi connectivity index (χ0v) is 10.3. The number of rotatable bonds is 6. The molecule has 1 saturated heterocycles. The van der Waals surface area contributed by atoms with E-state index in [1.54, 1.807) is 4.90 Å². The Morgan fingerprint density at radius 2 is 1.89 bits per heavy atom. The highest BCUT2D eigenvalue weighted by Gasteiger charge is 2.25.